The average Bonchev–Trinajstić information content (AvgIpc) is 2.96. The summed E-state index contributed by atoms with van der Waals surface area (Å²) in [7, 11) is 0. The van der Waals surface area contributed by atoms with Crippen molar-refractivity contribution in [2.24, 2.45) is 0 Å². The van der Waals surface area contributed by atoms with Crippen LogP contribution in [0.1, 0.15) is 21.9 Å². The number of carbonyl (C=O) groups is 2. The second-order valence-corrected chi connectivity index (χ2v) is 5.03. The topological polar surface area (TPSA) is 99.8 Å². The van der Waals surface area contributed by atoms with Crippen molar-refractivity contribution in [3.05, 3.63) is 59.8 Å². The van der Waals surface area contributed by atoms with E-state index >= 15 is 0 Å². The molecule has 0 fully saturated rings. The number of hydrogen-bond acceptors (Lipinski definition) is 4. The first-order chi connectivity index (χ1) is 11.1. The minimum Gasteiger partial charge on any atom is -0.361 e. The van der Waals surface area contributed by atoms with E-state index in [1.165, 1.54) is 12.3 Å². The van der Waals surface area contributed by atoms with E-state index < -0.39 is 5.91 Å². The number of hydrogen-bond donors (Lipinski definition) is 3. The van der Waals surface area contributed by atoms with Gasteiger partial charge >= 0.3 is 0 Å². The molecule has 3 aromatic rings. The van der Waals surface area contributed by atoms with Crippen LogP contribution in [-0.4, -0.2) is 26.8 Å². The Morgan fingerprint density at radius 1 is 1.17 bits per heavy atom. The van der Waals surface area contributed by atoms with Crippen molar-refractivity contribution in [2.75, 3.05) is 0 Å². The number of carbonyl (C=O) groups excluding carboxylic acids is 2. The molecule has 23 heavy (non-hydrogen) atoms. The lowest BCUT2D eigenvalue weighted by Crippen LogP contribution is -2.42. The van der Waals surface area contributed by atoms with Crippen LogP contribution in [0.5, 0.6) is 0 Å². The van der Waals surface area contributed by atoms with Gasteiger partial charge in [0.25, 0.3) is 5.91 Å². The van der Waals surface area contributed by atoms with Crippen molar-refractivity contribution in [1.82, 2.24) is 25.8 Å². The molecule has 0 unspecified atom stereocenters. The van der Waals surface area contributed by atoms with Crippen molar-refractivity contribution >= 4 is 22.7 Å². The molecule has 2 aromatic heterocycles. The van der Waals surface area contributed by atoms with Crippen molar-refractivity contribution in [2.45, 2.75) is 13.3 Å². The van der Waals surface area contributed by atoms with Crippen LogP contribution in [0.3, 0.4) is 0 Å². The highest BCUT2D eigenvalue weighted by Gasteiger charge is 2.11. The summed E-state index contributed by atoms with van der Waals surface area (Å²) in [6, 6.07) is 9.20. The molecular formula is C16H15N5O2. The van der Waals surface area contributed by atoms with Crippen LogP contribution in [0.15, 0.2) is 42.7 Å². The van der Waals surface area contributed by atoms with Crippen LogP contribution < -0.4 is 10.9 Å². The third kappa shape index (κ3) is 3.34. The minimum absolute atomic E-state index is 0.160. The molecule has 1 aromatic carbocycles. The number of rotatable bonds is 3. The van der Waals surface area contributed by atoms with E-state index in [0.29, 0.717) is 5.82 Å². The number of hydrazine groups is 1. The fourth-order valence-corrected chi connectivity index (χ4v) is 2.27. The SMILES string of the molecule is Cc1nccc(C(=O)NNC(=O)Cc2c[nH]c3ccccc23)n1. The van der Waals surface area contributed by atoms with Crippen LogP contribution in [0, 0.1) is 6.92 Å². The van der Waals surface area contributed by atoms with Crippen molar-refractivity contribution in [1.29, 1.82) is 0 Å². The highest BCUT2D eigenvalue weighted by atomic mass is 16.2. The predicted molar refractivity (Wildman–Crippen MR) is 84.4 cm³/mol. The summed E-state index contributed by atoms with van der Waals surface area (Å²) in [5.41, 5.74) is 6.77. The van der Waals surface area contributed by atoms with Crippen molar-refractivity contribution in [3.63, 3.8) is 0 Å². The van der Waals surface area contributed by atoms with Gasteiger partial charge in [0.1, 0.15) is 11.5 Å². The van der Waals surface area contributed by atoms with E-state index in [2.05, 4.69) is 25.8 Å². The molecule has 3 N–H and O–H groups in total. The zero-order chi connectivity index (χ0) is 16.2. The molecule has 2 heterocycles. The number of nitrogens with zero attached hydrogens (tertiary/aromatic N) is 2. The van der Waals surface area contributed by atoms with E-state index in [-0.39, 0.29) is 18.0 Å². The Hall–Kier alpha value is -3.22. The quantitative estimate of drug-likeness (QED) is 0.634. The zero-order valence-corrected chi connectivity index (χ0v) is 12.5. The highest BCUT2D eigenvalue weighted by molar-refractivity contribution is 5.94. The van der Waals surface area contributed by atoms with Gasteiger partial charge < -0.3 is 4.98 Å². The smallest absolute Gasteiger partial charge is 0.288 e. The lowest BCUT2D eigenvalue weighted by molar-refractivity contribution is -0.121. The Morgan fingerprint density at radius 3 is 2.83 bits per heavy atom. The van der Waals surface area contributed by atoms with Crippen molar-refractivity contribution < 1.29 is 9.59 Å². The van der Waals surface area contributed by atoms with E-state index in [4.69, 9.17) is 0 Å². The molecule has 7 heteroatoms. The minimum atomic E-state index is -0.484. The number of nitrogens with one attached hydrogen (secondary N) is 3. The zero-order valence-electron chi connectivity index (χ0n) is 12.5. The molecule has 0 aliphatic carbocycles. The maximum absolute atomic E-state index is 12.0. The van der Waals surface area contributed by atoms with Crippen LogP contribution in [0.4, 0.5) is 0 Å². The molecule has 0 spiro atoms. The first-order valence-electron chi connectivity index (χ1n) is 7.07. The van der Waals surface area contributed by atoms with E-state index in [9.17, 15) is 9.59 Å². The summed E-state index contributed by atoms with van der Waals surface area (Å²) in [5, 5.41) is 0.986. The number of aryl methyl sites for hydroxylation is 1. The molecule has 0 saturated heterocycles. The van der Waals surface area contributed by atoms with Gasteiger partial charge in [0.05, 0.1) is 6.42 Å². The van der Waals surface area contributed by atoms with Crippen LogP contribution in [0.2, 0.25) is 0 Å². The van der Waals surface area contributed by atoms with Gasteiger partial charge in [-0.05, 0) is 24.6 Å². The number of benzene rings is 1. The average molecular weight is 309 g/mol. The van der Waals surface area contributed by atoms with Gasteiger partial charge in [-0.1, -0.05) is 18.2 Å². The van der Waals surface area contributed by atoms with Gasteiger partial charge in [-0.25, -0.2) is 9.97 Å². The molecule has 0 atom stereocenters. The molecule has 0 bridgehead atoms. The second kappa shape index (κ2) is 6.27. The molecule has 7 nitrogen and oxygen atoms in total. The lowest BCUT2D eigenvalue weighted by atomic mass is 10.1. The van der Waals surface area contributed by atoms with Gasteiger partial charge in [-0.15, -0.1) is 0 Å². The third-order valence-electron chi connectivity index (χ3n) is 3.35. The molecule has 0 radical (unpaired) electrons. The monoisotopic (exact) mass is 309 g/mol. The molecule has 0 saturated carbocycles. The van der Waals surface area contributed by atoms with E-state index in [1.807, 2.05) is 24.3 Å². The fraction of sp³-hybridized carbons (Fsp3) is 0.125. The fourth-order valence-electron chi connectivity index (χ4n) is 2.27. The summed E-state index contributed by atoms with van der Waals surface area (Å²) in [6.07, 6.45) is 3.44. The number of aromatic amines is 1. The number of para-hydroxylation sites is 1. The Morgan fingerprint density at radius 2 is 2.00 bits per heavy atom. The lowest BCUT2D eigenvalue weighted by Gasteiger charge is -2.06. The molecule has 2 amide bonds. The number of H-pyrrole nitrogens is 1. The van der Waals surface area contributed by atoms with Crippen LogP contribution >= 0.6 is 0 Å². The van der Waals surface area contributed by atoms with E-state index in [0.717, 1.165) is 16.5 Å². The van der Waals surface area contributed by atoms with Crippen LogP contribution in [0.25, 0.3) is 10.9 Å². The summed E-state index contributed by atoms with van der Waals surface area (Å²) >= 11 is 0. The predicted octanol–water partition coefficient (Wildman–Crippen LogP) is 1.27. The van der Waals surface area contributed by atoms with E-state index in [1.54, 1.807) is 13.1 Å². The third-order valence-corrected chi connectivity index (χ3v) is 3.35. The van der Waals surface area contributed by atoms with Crippen molar-refractivity contribution in [3.8, 4) is 0 Å². The summed E-state index contributed by atoms with van der Waals surface area (Å²) in [4.78, 5) is 34.9. The van der Waals surface area contributed by atoms with Crippen LogP contribution in [-0.2, 0) is 11.2 Å². The Labute approximate surface area is 132 Å². The number of amides is 2. The Kier molecular flexibility index (Phi) is 4.01. The number of fused-ring (bicyclic) bond motifs is 1. The molecular weight excluding hydrogens is 294 g/mol. The second-order valence-electron chi connectivity index (χ2n) is 5.03. The summed E-state index contributed by atoms with van der Waals surface area (Å²) in [5.74, 6) is -0.306. The van der Waals surface area contributed by atoms with Gasteiger partial charge in [0, 0.05) is 23.3 Å². The molecule has 0 aliphatic rings. The molecule has 0 aliphatic heterocycles. The summed E-state index contributed by atoms with van der Waals surface area (Å²) in [6.45, 7) is 1.69. The molecule has 3 rings (SSSR count). The normalized spacial score (nSPS) is 10.5. The van der Waals surface area contributed by atoms with Gasteiger partial charge in [0.15, 0.2) is 0 Å². The first-order valence-corrected chi connectivity index (χ1v) is 7.07. The first kappa shape index (κ1) is 14.7. The van der Waals surface area contributed by atoms with Gasteiger partial charge in [-0.2, -0.15) is 0 Å². The Balaban J connectivity index is 1.60. The Bertz CT molecular complexity index is 872. The maximum atomic E-state index is 12.0. The number of aromatic nitrogens is 3. The standard InChI is InChI=1S/C16H15N5O2/c1-10-17-7-6-14(19-10)16(23)21-20-15(22)8-11-9-18-13-5-3-2-4-12(11)13/h2-7,9,18H,8H2,1H3,(H,20,22)(H,21,23). The van der Waals surface area contributed by atoms with Gasteiger partial charge in [-0.3, -0.25) is 20.4 Å². The van der Waals surface area contributed by atoms with Gasteiger partial charge in [0.2, 0.25) is 5.91 Å². The summed E-state index contributed by atoms with van der Waals surface area (Å²) < 4.78 is 0. The molecule has 116 valence electrons. The highest BCUT2D eigenvalue weighted by Crippen LogP contribution is 2.17. The largest absolute Gasteiger partial charge is 0.361 e. The maximum Gasteiger partial charge on any atom is 0.288 e.